The Kier molecular flexibility index (Phi) is 6.77. The molecule has 0 heterocycles. The molecule has 0 aromatic heterocycles. The van der Waals surface area contributed by atoms with Crippen molar-refractivity contribution < 1.29 is 17.6 Å². The Bertz CT molecular complexity index is 1740. The van der Waals surface area contributed by atoms with E-state index in [0.717, 1.165) is 28.8 Å². The van der Waals surface area contributed by atoms with Gasteiger partial charge in [-0.3, -0.25) is 0 Å². The number of alkyl halides is 1. The van der Waals surface area contributed by atoms with Crippen molar-refractivity contribution in [1.82, 2.24) is 0 Å². The molecule has 1 aliphatic carbocycles. The lowest BCUT2D eigenvalue weighted by Gasteiger charge is -2.32. The van der Waals surface area contributed by atoms with Gasteiger partial charge < -0.3 is 0 Å². The molecule has 0 N–H and O–H groups in total. The van der Waals surface area contributed by atoms with E-state index < -0.39 is 27.6 Å². The molecule has 0 aliphatic heterocycles. The van der Waals surface area contributed by atoms with Crippen LogP contribution >= 0.6 is 15.9 Å². The number of hydrogen-bond acceptors (Lipinski definition) is 0. The number of halogens is 5. The van der Waals surface area contributed by atoms with Gasteiger partial charge in [0, 0.05) is 12.1 Å². The van der Waals surface area contributed by atoms with E-state index in [1.807, 2.05) is 91.0 Å². The Labute approximate surface area is 238 Å². The van der Waals surface area contributed by atoms with Crippen molar-refractivity contribution in [1.29, 1.82) is 0 Å². The van der Waals surface area contributed by atoms with E-state index in [1.165, 1.54) is 24.3 Å². The number of benzene rings is 5. The van der Waals surface area contributed by atoms with Crippen LogP contribution in [0.15, 0.2) is 127 Å². The van der Waals surface area contributed by atoms with E-state index in [9.17, 15) is 17.6 Å². The van der Waals surface area contributed by atoms with Gasteiger partial charge in [0.05, 0.1) is 0 Å². The zero-order valence-corrected chi connectivity index (χ0v) is 22.6. The lowest BCUT2D eigenvalue weighted by Crippen LogP contribution is -2.21. The Hall–Kier alpha value is -4.22. The first kappa shape index (κ1) is 26.0. The van der Waals surface area contributed by atoms with Crippen molar-refractivity contribution in [3.63, 3.8) is 0 Å². The van der Waals surface area contributed by atoms with Crippen LogP contribution in [0.25, 0.3) is 22.3 Å². The number of allylic oxidation sites excluding steroid dienone is 4. The molecule has 5 heteroatoms. The highest BCUT2D eigenvalue weighted by Crippen LogP contribution is 2.65. The maximum atomic E-state index is 14.9. The van der Waals surface area contributed by atoms with Crippen molar-refractivity contribution in [3.8, 4) is 0 Å². The fourth-order valence-electron chi connectivity index (χ4n) is 5.54. The summed E-state index contributed by atoms with van der Waals surface area (Å²) in [7, 11) is 0. The summed E-state index contributed by atoms with van der Waals surface area (Å²) in [6, 6.07) is 35.1. The second-order valence-electron chi connectivity index (χ2n) is 9.57. The van der Waals surface area contributed by atoms with Crippen molar-refractivity contribution in [2.24, 2.45) is 0 Å². The van der Waals surface area contributed by atoms with Crippen LogP contribution < -0.4 is 0 Å². The molecule has 196 valence electrons. The summed E-state index contributed by atoms with van der Waals surface area (Å²) in [4.78, 5) is 0. The highest BCUT2D eigenvalue weighted by Gasteiger charge is 2.48. The largest absolute Gasteiger partial charge is 0.207 e. The van der Waals surface area contributed by atoms with Gasteiger partial charge in [-0.2, -0.15) is 0 Å². The lowest BCUT2D eigenvalue weighted by molar-refractivity contribution is 0.579. The maximum absolute atomic E-state index is 14.9. The van der Waals surface area contributed by atoms with Gasteiger partial charge in [-0.25, -0.2) is 17.6 Å². The van der Waals surface area contributed by atoms with Crippen LogP contribution in [0.4, 0.5) is 17.6 Å². The number of rotatable bonds is 5. The molecule has 0 fully saturated rings. The van der Waals surface area contributed by atoms with Crippen molar-refractivity contribution in [2.75, 3.05) is 0 Å². The fraction of sp³-hybridized carbons (Fsp3) is 0.0286. The summed E-state index contributed by atoms with van der Waals surface area (Å²) < 4.78 is 58.0. The maximum Gasteiger partial charge on any atom is 0.126 e. The molecule has 1 atom stereocenters. The molecule has 0 spiro atoms. The average molecular weight is 597 g/mol. The van der Waals surface area contributed by atoms with Crippen LogP contribution in [0.1, 0.15) is 27.8 Å². The van der Waals surface area contributed by atoms with E-state index in [0.29, 0.717) is 33.4 Å². The number of hydrogen-bond donors (Lipinski definition) is 0. The minimum atomic E-state index is -1.30. The van der Waals surface area contributed by atoms with Crippen LogP contribution in [-0.4, -0.2) is 0 Å². The van der Waals surface area contributed by atoms with Gasteiger partial charge in [0.25, 0.3) is 0 Å². The first-order valence-corrected chi connectivity index (χ1v) is 13.4. The molecule has 0 nitrogen and oxygen atoms in total. The third-order valence-electron chi connectivity index (χ3n) is 7.04. The Morgan fingerprint density at radius 2 is 0.750 bits per heavy atom. The average Bonchev–Trinajstić information content (AvgIpc) is 3.23. The zero-order valence-electron chi connectivity index (χ0n) is 21.0. The van der Waals surface area contributed by atoms with Crippen LogP contribution in [0.3, 0.4) is 0 Å². The van der Waals surface area contributed by atoms with Crippen molar-refractivity contribution in [3.05, 3.63) is 178 Å². The predicted molar refractivity (Wildman–Crippen MR) is 156 cm³/mol. The van der Waals surface area contributed by atoms with E-state index in [4.69, 9.17) is 0 Å². The van der Waals surface area contributed by atoms with Gasteiger partial charge in [-0.15, -0.1) is 0 Å². The summed E-state index contributed by atoms with van der Waals surface area (Å²) >= 11 is 4.00. The van der Waals surface area contributed by atoms with Crippen molar-refractivity contribution in [2.45, 2.75) is 4.32 Å². The smallest absolute Gasteiger partial charge is 0.126 e. The van der Waals surface area contributed by atoms with E-state index >= 15 is 0 Å². The normalized spacial score (nSPS) is 17.0. The highest BCUT2D eigenvalue weighted by molar-refractivity contribution is 9.10. The minimum Gasteiger partial charge on any atom is -0.207 e. The van der Waals surface area contributed by atoms with Gasteiger partial charge >= 0.3 is 0 Å². The molecule has 40 heavy (non-hydrogen) atoms. The molecule has 6 rings (SSSR count). The van der Waals surface area contributed by atoms with Gasteiger partial charge in [0.1, 0.15) is 27.6 Å². The molecule has 5 aromatic carbocycles. The Morgan fingerprint density at radius 1 is 0.400 bits per heavy atom. The summed E-state index contributed by atoms with van der Waals surface area (Å²) in [5, 5.41) is 0. The summed E-state index contributed by atoms with van der Waals surface area (Å²) in [5.74, 6) is -2.93. The topological polar surface area (TPSA) is 0 Å². The zero-order chi connectivity index (χ0) is 27.9. The molecular weight excluding hydrogens is 576 g/mol. The molecule has 1 aliphatic rings. The van der Waals surface area contributed by atoms with E-state index in [-0.39, 0.29) is 0 Å². The Balaban J connectivity index is 1.86. The second-order valence-corrected chi connectivity index (χ2v) is 10.8. The molecule has 0 amide bonds. The fourth-order valence-corrected chi connectivity index (χ4v) is 6.62. The van der Waals surface area contributed by atoms with E-state index in [1.54, 1.807) is 0 Å². The summed E-state index contributed by atoms with van der Waals surface area (Å²) in [5.41, 5.74) is 5.46. The highest BCUT2D eigenvalue weighted by atomic mass is 79.9. The second kappa shape index (κ2) is 10.4. The molecular formula is C35H21BrF4. The van der Waals surface area contributed by atoms with Crippen molar-refractivity contribution >= 4 is 38.2 Å². The van der Waals surface area contributed by atoms with Crippen LogP contribution in [0, 0.1) is 23.3 Å². The SMILES string of the molecule is Fc1cc(F)cc(C2=C(c3ccccc3)C(Br)(c3cc(F)cc(F)c3)C(c3ccccc3)=C2c2ccccc2)c1. The molecule has 0 bridgehead atoms. The third-order valence-corrected chi connectivity index (χ3v) is 8.29. The monoisotopic (exact) mass is 596 g/mol. The standard InChI is InChI=1S/C35H21BrF4/c36-35(26-18-29(39)21-30(40)19-26)33(23-12-6-2-7-13-23)31(22-10-4-1-5-11-22)32(25-16-27(37)20-28(38)17-25)34(35)24-14-8-3-9-15-24/h1-21H. The predicted octanol–water partition coefficient (Wildman–Crippen LogP) is 10.1. The van der Waals surface area contributed by atoms with Gasteiger partial charge in [-0.1, -0.05) is 107 Å². The van der Waals surface area contributed by atoms with Crippen LogP contribution in [0.2, 0.25) is 0 Å². The summed E-state index contributed by atoms with van der Waals surface area (Å²) in [6.07, 6.45) is 0. The minimum absolute atomic E-state index is 0.307. The molecule has 5 aromatic rings. The third kappa shape index (κ3) is 4.50. The van der Waals surface area contributed by atoms with Gasteiger partial charge in [0.2, 0.25) is 0 Å². The summed E-state index contributed by atoms with van der Waals surface area (Å²) in [6.45, 7) is 0. The molecule has 0 saturated carbocycles. The molecule has 0 saturated heterocycles. The first-order chi connectivity index (χ1) is 19.4. The van der Waals surface area contributed by atoms with Crippen LogP contribution in [0.5, 0.6) is 0 Å². The first-order valence-electron chi connectivity index (χ1n) is 12.6. The molecule has 0 radical (unpaired) electrons. The Morgan fingerprint density at radius 3 is 1.18 bits per heavy atom. The van der Waals surface area contributed by atoms with E-state index in [2.05, 4.69) is 15.9 Å². The van der Waals surface area contributed by atoms with Crippen LogP contribution in [-0.2, 0) is 4.32 Å². The van der Waals surface area contributed by atoms with Gasteiger partial charge in [0.15, 0.2) is 0 Å². The van der Waals surface area contributed by atoms with Gasteiger partial charge in [-0.05, 0) is 74.4 Å². The lowest BCUT2D eigenvalue weighted by atomic mass is 9.80. The quantitative estimate of drug-likeness (QED) is 0.140. The molecule has 1 unspecified atom stereocenters.